The quantitative estimate of drug-likeness (QED) is 0.353. The van der Waals surface area contributed by atoms with Crippen molar-refractivity contribution < 1.29 is 37.8 Å². The van der Waals surface area contributed by atoms with E-state index in [1.54, 1.807) is 12.1 Å². The molecule has 2 aliphatic rings. The average molecular weight is 531 g/mol. The lowest BCUT2D eigenvalue weighted by molar-refractivity contribution is -0.135. The Kier molecular flexibility index (Phi) is 13.6. The summed E-state index contributed by atoms with van der Waals surface area (Å²) < 4.78 is 28.1. The highest BCUT2D eigenvalue weighted by molar-refractivity contribution is 7.89. The number of ether oxygens (including phenoxy) is 1. The number of amides is 1. The van der Waals surface area contributed by atoms with Gasteiger partial charge in [0, 0.05) is 58.8 Å². The van der Waals surface area contributed by atoms with Gasteiger partial charge in [-0.1, -0.05) is 12.1 Å². The molecule has 2 atom stereocenters. The summed E-state index contributed by atoms with van der Waals surface area (Å²) in [5.74, 6) is -1.75. The maximum Gasteiger partial charge on any atom is 0.300 e. The Balaban J connectivity index is 0.000000709. The molecule has 13 heteroatoms. The van der Waals surface area contributed by atoms with E-state index >= 15 is 0 Å². The van der Waals surface area contributed by atoms with Crippen molar-refractivity contribution >= 4 is 27.9 Å². The fourth-order valence-corrected chi connectivity index (χ4v) is 4.47. The van der Waals surface area contributed by atoms with Crippen molar-refractivity contribution in [2.45, 2.75) is 63.1 Å². The van der Waals surface area contributed by atoms with Crippen LogP contribution in [0.5, 0.6) is 0 Å². The number of aliphatic carboxylic acids is 2. The molecule has 36 heavy (non-hydrogen) atoms. The Hall–Kier alpha value is -2.58. The number of carbonyl (C=O) groups excluding carboxylic acids is 1. The number of nitrogens with zero attached hydrogens (tertiary/aromatic N) is 1. The maximum atomic E-state index is 12.8. The summed E-state index contributed by atoms with van der Waals surface area (Å²) in [6.07, 6.45) is 3.58. The Morgan fingerprint density at radius 3 is 2.03 bits per heavy atom. The summed E-state index contributed by atoms with van der Waals surface area (Å²) in [6, 6.07) is 6.75. The number of carboxylic acids is 2. The van der Waals surface area contributed by atoms with Crippen LogP contribution in [-0.2, 0) is 35.7 Å². The van der Waals surface area contributed by atoms with Crippen LogP contribution in [0, 0.1) is 5.92 Å². The van der Waals surface area contributed by atoms with Crippen molar-refractivity contribution in [2.24, 2.45) is 16.8 Å². The van der Waals surface area contributed by atoms with Crippen molar-refractivity contribution in [3.8, 4) is 0 Å². The smallest absolute Gasteiger partial charge is 0.300 e. The molecular formula is C23H38N4O8S. The Bertz CT molecular complexity index is 929. The van der Waals surface area contributed by atoms with Crippen molar-refractivity contribution in [1.82, 2.24) is 10.2 Å². The van der Waals surface area contributed by atoms with E-state index in [1.807, 2.05) is 0 Å². The second kappa shape index (κ2) is 15.5. The number of hydrogen-bond donors (Lipinski definition) is 5. The third kappa shape index (κ3) is 12.9. The fourth-order valence-electron chi connectivity index (χ4n) is 3.95. The standard InChI is InChI=1S/C19H30N4O4S.2C2H4O2/c20-16-4-3-15(12-23(13-16)17-7-9-27-10-8-17)19(24)22-11-14-1-5-18(6-2-14)28(21,25)26;2*1-2(3)4/h1-2,5-6,15-17H,3-4,7-13,20H2,(H,22,24)(H2,21,25,26);2*1H3,(H,3,4)/t15-,16+;;/m1../s1. The Morgan fingerprint density at radius 1 is 1.00 bits per heavy atom. The molecule has 1 aromatic carbocycles. The van der Waals surface area contributed by atoms with Gasteiger partial charge >= 0.3 is 0 Å². The van der Waals surface area contributed by atoms with E-state index in [0.717, 1.165) is 64.9 Å². The highest BCUT2D eigenvalue weighted by Gasteiger charge is 2.31. The minimum atomic E-state index is -3.71. The summed E-state index contributed by atoms with van der Waals surface area (Å²) in [6.45, 7) is 5.59. The zero-order chi connectivity index (χ0) is 27.3. The molecule has 7 N–H and O–H groups in total. The van der Waals surface area contributed by atoms with Gasteiger partial charge in [0.2, 0.25) is 15.9 Å². The zero-order valence-electron chi connectivity index (χ0n) is 20.8. The van der Waals surface area contributed by atoms with Gasteiger partial charge in [0.25, 0.3) is 11.9 Å². The molecule has 1 amide bonds. The molecule has 0 saturated carbocycles. The molecule has 3 rings (SSSR count). The first-order chi connectivity index (χ1) is 16.8. The molecule has 0 radical (unpaired) electrons. The van der Waals surface area contributed by atoms with Crippen molar-refractivity contribution in [3.05, 3.63) is 29.8 Å². The van der Waals surface area contributed by atoms with Crippen LogP contribution in [0.3, 0.4) is 0 Å². The average Bonchev–Trinajstić information content (AvgIpc) is 2.99. The number of benzene rings is 1. The van der Waals surface area contributed by atoms with Crippen LogP contribution in [-0.4, -0.2) is 79.8 Å². The predicted octanol–water partition coefficient (Wildman–Crippen LogP) is 0.350. The first-order valence-electron chi connectivity index (χ1n) is 11.7. The van der Waals surface area contributed by atoms with Gasteiger partial charge in [-0.15, -0.1) is 0 Å². The van der Waals surface area contributed by atoms with Crippen molar-refractivity contribution in [3.63, 3.8) is 0 Å². The normalized spacial score (nSPS) is 21.0. The first-order valence-corrected chi connectivity index (χ1v) is 13.2. The third-order valence-corrected chi connectivity index (χ3v) is 6.54. The zero-order valence-corrected chi connectivity index (χ0v) is 21.6. The van der Waals surface area contributed by atoms with Crippen molar-refractivity contribution in [2.75, 3.05) is 26.3 Å². The number of carboxylic acid groups (broad SMARTS) is 2. The molecule has 0 aromatic heterocycles. The monoisotopic (exact) mass is 530 g/mol. The minimum absolute atomic E-state index is 0.0154. The van der Waals surface area contributed by atoms with Gasteiger partial charge in [0.1, 0.15) is 0 Å². The number of nitrogens with two attached hydrogens (primary N) is 2. The lowest BCUT2D eigenvalue weighted by Crippen LogP contribution is -2.47. The molecule has 0 unspecified atom stereocenters. The third-order valence-electron chi connectivity index (χ3n) is 5.61. The molecule has 204 valence electrons. The summed E-state index contributed by atoms with van der Waals surface area (Å²) >= 11 is 0. The molecular weight excluding hydrogens is 492 g/mol. The Labute approximate surface area is 212 Å². The molecule has 12 nitrogen and oxygen atoms in total. The van der Waals surface area contributed by atoms with Gasteiger partial charge in [-0.3, -0.25) is 19.3 Å². The van der Waals surface area contributed by atoms with Crippen LogP contribution < -0.4 is 16.2 Å². The summed E-state index contributed by atoms with van der Waals surface area (Å²) in [5, 5.41) is 22.9. The van der Waals surface area contributed by atoms with Gasteiger partial charge in [0.05, 0.1) is 10.8 Å². The Morgan fingerprint density at radius 2 is 1.53 bits per heavy atom. The number of likely N-dealkylation sites (tertiary alicyclic amines) is 1. The molecule has 0 aliphatic carbocycles. The van der Waals surface area contributed by atoms with E-state index in [4.69, 9.17) is 35.4 Å². The number of carbonyl (C=O) groups is 3. The second-order valence-corrected chi connectivity index (χ2v) is 10.3. The van der Waals surface area contributed by atoms with E-state index < -0.39 is 22.0 Å². The van der Waals surface area contributed by atoms with Crippen LogP contribution in [0.1, 0.15) is 45.1 Å². The summed E-state index contributed by atoms with van der Waals surface area (Å²) in [4.78, 5) is 33.2. The van der Waals surface area contributed by atoms with Crippen molar-refractivity contribution in [1.29, 1.82) is 0 Å². The number of nitrogens with one attached hydrogen (secondary N) is 1. The largest absolute Gasteiger partial charge is 0.481 e. The maximum absolute atomic E-state index is 12.8. The number of rotatable bonds is 5. The van der Waals surface area contributed by atoms with E-state index in [1.165, 1.54) is 12.1 Å². The SMILES string of the molecule is CC(=O)O.CC(=O)O.N[C@H]1CC[C@@H](C(=O)NCc2ccc(S(N)(=O)=O)cc2)CN(C2CCOCC2)C1. The fraction of sp³-hybridized carbons (Fsp3) is 0.609. The van der Waals surface area contributed by atoms with Crippen LogP contribution >= 0.6 is 0 Å². The molecule has 2 aliphatic heterocycles. The van der Waals surface area contributed by atoms with E-state index in [2.05, 4.69) is 10.2 Å². The highest BCUT2D eigenvalue weighted by atomic mass is 32.2. The van der Waals surface area contributed by atoms with Gasteiger partial charge in [-0.2, -0.15) is 0 Å². The minimum Gasteiger partial charge on any atom is -0.481 e. The molecule has 2 heterocycles. The lowest BCUT2D eigenvalue weighted by atomic mass is 10.0. The van der Waals surface area contributed by atoms with Crippen LogP contribution in [0.25, 0.3) is 0 Å². The topological polar surface area (TPSA) is 202 Å². The number of hydrogen-bond acceptors (Lipinski definition) is 8. The summed E-state index contributed by atoms with van der Waals surface area (Å²) in [7, 11) is -3.71. The van der Waals surface area contributed by atoms with Crippen LogP contribution in [0.4, 0.5) is 0 Å². The van der Waals surface area contributed by atoms with E-state index in [-0.39, 0.29) is 22.8 Å². The van der Waals surface area contributed by atoms with Gasteiger partial charge in [-0.25, -0.2) is 13.6 Å². The van der Waals surface area contributed by atoms with Crippen LogP contribution in [0.2, 0.25) is 0 Å². The molecule has 0 spiro atoms. The number of sulfonamides is 1. The lowest BCUT2D eigenvalue weighted by Gasteiger charge is -2.35. The van der Waals surface area contributed by atoms with E-state index in [9.17, 15) is 13.2 Å². The predicted molar refractivity (Wildman–Crippen MR) is 132 cm³/mol. The summed E-state index contributed by atoms with van der Waals surface area (Å²) in [5.41, 5.74) is 7.07. The molecule has 0 bridgehead atoms. The number of primary sulfonamides is 1. The highest BCUT2D eigenvalue weighted by Crippen LogP contribution is 2.22. The molecule has 2 fully saturated rings. The first kappa shape index (κ1) is 31.4. The van der Waals surface area contributed by atoms with E-state index in [0.29, 0.717) is 19.1 Å². The second-order valence-electron chi connectivity index (χ2n) is 8.78. The van der Waals surface area contributed by atoms with Crippen LogP contribution in [0.15, 0.2) is 29.2 Å². The van der Waals surface area contributed by atoms with Gasteiger partial charge < -0.3 is 26.0 Å². The van der Waals surface area contributed by atoms with Gasteiger partial charge in [0.15, 0.2) is 0 Å². The molecule has 1 aromatic rings. The molecule has 2 saturated heterocycles. The van der Waals surface area contributed by atoms with Gasteiger partial charge in [-0.05, 0) is 43.4 Å².